The second-order valence-corrected chi connectivity index (χ2v) is 7.48. The van der Waals surface area contributed by atoms with E-state index in [2.05, 4.69) is 4.98 Å². The van der Waals surface area contributed by atoms with Gasteiger partial charge in [0.2, 0.25) is 0 Å². The zero-order valence-corrected chi connectivity index (χ0v) is 14.4. The van der Waals surface area contributed by atoms with Gasteiger partial charge in [0.05, 0.1) is 25.3 Å². The Bertz CT molecular complexity index is 597. The minimum absolute atomic E-state index is 0.0522. The Morgan fingerprint density at radius 2 is 1.88 bits per heavy atom. The van der Waals surface area contributed by atoms with Gasteiger partial charge in [0.1, 0.15) is 11.3 Å². The van der Waals surface area contributed by atoms with Crippen molar-refractivity contribution in [2.45, 2.75) is 51.3 Å². The van der Waals surface area contributed by atoms with Crippen LogP contribution in [-0.2, 0) is 9.47 Å². The van der Waals surface area contributed by atoms with E-state index in [1.807, 2.05) is 26.8 Å². The van der Waals surface area contributed by atoms with Gasteiger partial charge in [-0.15, -0.1) is 0 Å². The number of hydrogen-bond donors (Lipinski definition) is 0. The van der Waals surface area contributed by atoms with Crippen LogP contribution in [0.1, 0.15) is 44.1 Å². The number of Topliss-reactive ketones (excluding diaryl/α,β-unsaturated/α-hetero) is 1. The maximum absolute atomic E-state index is 12.7. The molecule has 2 unspecified atom stereocenters. The molecule has 2 atom stereocenters. The molecule has 6 nitrogen and oxygen atoms in total. The van der Waals surface area contributed by atoms with Crippen molar-refractivity contribution < 1.29 is 19.1 Å². The van der Waals surface area contributed by atoms with E-state index >= 15 is 0 Å². The maximum atomic E-state index is 12.7. The molecule has 2 bridgehead atoms. The molecule has 1 aromatic heterocycles. The van der Waals surface area contributed by atoms with E-state index in [4.69, 9.17) is 9.47 Å². The lowest BCUT2D eigenvalue weighted by molar-refractivity contribution is -0.0861. The third kappa shape index (κ3) is 3.59. The second kappa shape index (κ2) is 6.51. The van der Waals surface area contributed by atoms with Crippen LogP contribution in [0.5, 0.6) is 0 Å². The zero-order valence-electron chi connectivity index (χ0n) is 14.4. The van der Waals surface area contributed by atoms with Gasteiger partial charge in [-0.25, -0.2) is 4.79 Å². The number of rotatable bonds is 2. The lowest BCUT2D eigenvalue weighted by Gasteiger charge is -2.47. The van der Waals surface area contributed by atoms with Crippen molar-refractivity contribution in [1.82, 2.24) is 9.88 Å². The van der Waals surface area contributed by atoms with Gasteiger partial charge in [-0.1, -0.05) is 6.07 Å². The number of pyridine rings is 1. The van der Waals surface area contributed by atoms with Crippen LogP contribution in [0.4, 0.5) is 4.79 Å². The number of piperidine rings is 1. The molecule has 2 aliphatic heterocycles. The summed E-state index contributed by atoms with van der Waals surface area (Å²) in [4.78, 5) is 31.2. The molecule has 0 aliphatic carbocycles. The summed E-state index contributed by atoms with van der Waals surface area (Å²) in [6, 6.07) is 5.12. The number of morpholine rings is 1. The summed E-state index contributed by atoms with van der Waals surface area (Å²) in [5.41, 5.74) is -0.0421. The Hall–Kier alpha value is -1.95. The largest absolute Gasteiger partial charge is 0.444 e. The maximum Gasteiger partial charge on any atom is 0.410 e. The average molecular weight is 332 g/mol. The number of carbonyl (C=O) groups is 2. The minimum Gasteiger partial charge on any atom is -0.444 e. The summed E-state index contributed by atoms with van der Waals surface area (Å²) in [6.07, 6.45) is 2.49. The highest BCUT2D eigenvalue weighted by atomic mass is 16.6. The minimum atomic E-state index is -0.535. The summed E-state index contributed by atoms with van der Waals surface area (Å²) >= 11 is 0. The Morgan fingerprint density at radius 1 is 1.21 bits per heavy atom. The number of ketones is 1. The predicted molar refractivity (Wildman–Crippen MR) is 87.8 cm³/mol. The fourth-order valence-electron chi connectivity index (χ4n) is 3.46. The van der Waals surface area contributed by atoms with Crippen molar-refractivity contribution in [2.75, 3.05) is 13.2 Å². The number of hydrogen-bond acceptors (Lipinski definition) is 5. The van der Waals surface area contributed by atoms with Gasteiger partial charge in [-0.2, -0.15) is 0 Å². The van der Waals surface area contributed by atoms with Gasteiger partial charge >= 0.3 is 6.09 Å². The molecule has 0 N–H and O–H groups in total. The Labute approximate surface area is 142 Å². The molecule has 3 heterocycles. The molecule has 6 heteroatoms. The SMILES string of the molecule is CC(C)(C)OC(=O)N1C2COCC1CC(C(=O)c1ccccn1)C2. The first kappa shape index (κ1) is 16.9. The topological polar surface area (TPSA) is 68.7 Å². The number of aromatic nitrogens is 1. The molecule has 0 spiro atoms. The van der Waals surface area contributed by atoms with Crippen LogP contribution >= 0.6 is 0 Å². The fraction of sp³-hybridized carbons (Fsp3) is 0.611. The van der Waals surface area contributed by atoms with Crippen LogP contribution in [0.15, 0.2) is 24.4 Å². The molecule has 1 aromatic rings. The van der Waals surface area contributed by atoms with Crippen molar-refractivity contribution in [3.63, 3.8) is 0 Å². The second-order valence-electron chi connectivity index (χ2n) is 7.48. The van der Waals surface area contributed by atoms with Gasteiger partial charge in [0.15, 0.2) is 5.78 Å². The molecule has 0 radical (unpaired) electrons. The summed E-state index contributed by atoms with van der Waals surface area (Å²) in [6.45, 7) is 6.46. The number of carbonyl (C=O) groups excluding carboxylic acids is 2. The predicted octanol–water partition coefficient (Wildman–Crippen LogP) is 2.68. The Morgan fingerprint density at radius 3 is 2.42 bits per heavy atom. The first-order valence-corrected chi connectivity index (χ1v) is 8.39. The van der Waals surface area contributed by atoms with E-state index < -0.39 is 5.60 Å². The van der Waals surface area contributed by atoms with Gasteiger partial charge in [0.25, 0.3) is 0 Å². The molecular formula is C18H24N2O4. The molecule has 2 saturated heterocycles. The van der Waals surface area contributed by atoms with E-state index in [0.29, 0.717) is 31.7 Å². The van der Waals surface area contributed by atoms with Crippen LogP contribution in [-0.4, -0.2) is 52.7 Å². The highest BCUT2D eigenvalue weighted by Gasteiger charge is 2.45. The normalized spacial score (nSPS) is 26.8. The number of fused-ring (bicyclic) bond motifs is 2. The van der Waals surface area contributed by atoms with Crippen LogP contribution < -0.4 is 0 Å². The fourth-order valence-corrected chi connectivity index (χ4v) is 3.46. The molecule has 24 heavy (non-hydrogen) atoms. The Balaban J connectivity index is 1.74. The molecule has 0 aromatic carbocycles. The van der Waals surface area contributed by atoms with Crippen LogP contribution in [0, 0.1) is 5.92 Å². The number of amides is 1. The first-order chi connectivity index (χ1) is 11.3. The highest BCUT2D eigenvalue weighted by molar-refractivity contribution is 5.96. The van der Waals surface area contributed by atoms with Gasteiger partial charge in [-0.05, 0) is 45.7 Å². The lowest BCUT2D eigenvalue weighted by Crippen LogP contribution is -2.60. The molecule has 3 rings (SSSR count). The van der Waals surface area contributed by atoms with E-state index in [1.165, 1.54) is 0 Å². The third-order valence-electron chi connectivity index (χ3n) is 4.41. The molecule has 130 valence electrons. The zero-order chi connectivity index (χ0) is 17.3. The van der Waals surface area contributed by atoms with Crippen molar-refractivity contribution in [2.24, 2.45) is 5.92 Å². The van der Waals surface area contributed by atoms with E-state index in [-0.39, 0.29) is 29.9 Å². The van der Waals surface area contributed by atoms with E-state index in [9.17, 15) is 9.59 Å². The number of nitrogens with zero attached hydrogens (tertiary/aromatic N) is 2. The molecule has 2 aliphatic rings. The van der Waals surface area contributed by atoms with Crippen molar-refractivity contribution in [3.8, 4) is 0 Å². The van der Waals surface area contributed by atoms with Crippen LogP contribution in [0.2, 0.25) is 0 Å². The monoisotopic (exact) mass is 332 g/mol. The standard InChI is InChI=1S/C18H24N2O4/c1-18(2,3)24-17(22)20-13-8-12(9-14(20)11-23-10-13)16(21)15-6-4-5-7-19-15/h4-7,12-14H,8-11H2,1-3H3. The highest BCUT2D eigenvalue weighted by Crippen LogP contribution is 2.34. The number of ether oxygens (including phenoxy) is 2. The quantitative estimate of drug-likeness (QED) is 0.779. The third-order valence-corrected chi connectivity index (χ3v) is 4.41. The van der Waals surface area contributed by atoms with Gasteiger partial charge in [0, 0.05) is 12.1 Å². The first-order valence-electron chi connectivity index (χ1n) is 8.39. The summed E-state index contributed by atoms with van der Waals surface area (Å²) < 4.78 is 11.1. The molecule has 0 saturated carbocycles. The molecular weight excluding hydrogens is 308 g/mol. The van der Waals surface area contributed by atoms with Crippen molar-refractivity contribution in [1.29, 1.82) is 0 Å². The molecule has 2 fully saturated rings. The smallest absolute Gasteiger partial charge is 0.410 e. The van der Waals surface area contributed by atoms with E-state index in [1.54, 1.807) is 23.2 Å². The lowest BCUT2D eigenvalue weighted by atomic mass is 9.82. The molecule has 1 amide bonds. The van der Waals surface area contributed by atoms with Crippen LogP contribution in [0.25, 0.3) is 0 Å². The van der Waals surface area contributed by atoms with E-state index in [0.717, 1.165) is 0 Å². The summed E-state index contributed by atoms with van der Waals surface area (Å²) in [5, 5.41) is 0. The van der Waals surface area contributed by atoms with Crippen molar-refractivity contribution >= 4 is 11.9 Å². The van der Waals surface area contributed by atoms with Crippen LogP contribution in [0.3, 0.4) is 0 Å². The summed E-state index contributed by atoms with van der Waals surface area (Å²) in [7, 11) is 0. The summed E-state index contributed by atoms with van der Waals surface area (Å²) in [5.74, 6) is -0.0752. The van der Waals surface area contributed by atoms with Gasteiger partial charge < -0.3 is 9.47 Å². The average Bonchev–Trinajstić information content (AvgIpc) is 2.52. The van der Waals surface area contributed by atoms with Gasteiger partial charge in [-0.3, -0.25) is 14.7 Å². The van der Waals surface area contributed by atoms with Crippen molar-refractivity contribution in [3.05, 3.63) is 30.1 Å². The Kier molecular flexibility index (Phi) is 4.58.